The zero-order valence-electron chi connectivity index (χ0n) is 31.8. The zero-order valence-corrected chi connectivity index (χ0v) is 35.3. The van der Waals surface area contributed by atoms with Crippen molar-refractivity contribution < 1.29 is 115 Å². The maximum absolute atomic E-state index is 12.6. The molecule has 348 valence electrons. The fourth-order valence-electron chi connectivity index (χ4n) is 4.55. The first kappa shape index (κ1) is 53.8. The predicted octanol–water partition coefficient (Wildman–Crippen LogP) is -3.14. The maximum Gasteiger partial charge on any atom is 0.481 e. The number of hydrogen-bond acceptors (Lipinski definition) is 22. The number of nitrogens with zero attached hydrogens (tertiary/aromatic N) is 4. The molecule has 0 saturated carbocycles. The SMILES string of the molecule is CC(C)(COP(=O)(O)OP(=O)(O)OC[C@H]1O[C@@H](n2cnc3c(N)ncnc32)[C@H](O)[C@@H]1OP(=O)(O)O)[C@@H](O)C(=O)NCCC(=O)NCCSC(=O)C(=O)O.O=C(O)CC(=O)C(=O)O. The molecule has 0 radical (unpaired) electrons. The normalized spacial score (nSPS) is 20.1. The molecule has 2 aromatic heterocycles. The van der Waals surface area contributed by atoms with E-state index in [1.807, 2.05) is 0 Å². The number of phosphoric ester groups is 3. The van der Waals surface area contributed by atoms with Gasteiger partial charge < -0.3 is 66.2 Å². The number of ether oxygens (including phenoxy) is 1. The van der Waals surface area contributed by atoms with Crippen molar-refractivity contribution in [1.29, 1.82) is 0 Å². The van der Waals surface area contributed by atoms with E-state index in [1.165, 1.54) is 13.8 Å². The maximum atomic E-state index is 12.6. The Morgan fingerprint density at radius 3 is 2.15 bits per heavy atom. The fraction of sp³-hybridized carbons (Fsp3) is 0.556. The first-order valence-electron chi connectivity index (χ1n) is 16.7. The van der Waals surface area contributed by atoms with Crippen LogP contribution in [0.2, 0.25) is 0 Å². The molecule has 0 aliphatic carbocycles. The minimum Gasteiger partial charge on any atom is -0.481 e. The number of anilines is 1. The molecule has 2 unspecified atom stereocenters. The number of phosphoric acid groups is 3. The van der Waals surface area contributed by atoms with Crippen LogP contribution in [-0.2, 0) is 69.9 Å². The third kappa shape index (κ3) is 17.4. The minimum absolute atomic E-state index is 0.0153. The van der Waals surface area contributed by atoms with Gasteiger partial charge in [0.15, 0.2) is 17.7 Å². The molecule has 62 heavy (non-hydrogen) atoms. The van der Waals surface area contributed by atoms with Gasteiger partial charge in [-0.1, -0.05) is 25.6 Å². The van der Waals surface area contributed by atoms with E-state index in [1.54, 1.807) is 0 Å². The summed E-state index contributed by atoms with van der Waals surface area (Å²) in [5, 5.41) is 49.0. The van der Waals surface area contributed by atoms with Gasteiger partial charge in [-0.05, 0) is 0 Å². The Morgan fingerprint density at radius 1 is 0.952 bits per heavy atom. The summed E-state index contributed by atoms with van der Waals surface area (Å²) in [5.74, 6) is -7.76. The molecular weight excluding hydrogens is 931 g/mol. The smallest absolute Gasteiger partial charge is 0.481 e. The number of rotatable bonds is 22. The van der Waals surface area contributed by atoms with E-state index < -0.39 is 120 Å². The molecular formula is C27H40N7O24P3S. The number of aliphatic hydroxyl groups excluding tert-OH is 2. The average molecular weight is 972 g/mol. The molecule has 7 atom stereocenters. The lowest BCUT2D eigenvalue weighted by Crippen LogP contribution is -2.46. The number of fused-ring (bicyclic) bond motifs is 1. The second-order valence-corrected chi connectivity index (χ2v) is 18.1. The second-order valence-electron chi connectivity index (χ2n) is 12.8. The van der Waals surface area contributed by atoms with E-state index >= 15 is 0 Å². The first-order chi connectivity index (χ1) is 28.5. The summed E-state index contributed by atoms with van der Waals surface area (Å²) in [6.45, 7) is 0.0165. The van der Waals surface area contributed by atoms with Crippen molar-refractivity contribution in [2.75, 3.05) is 37.8 Å². The summed E-state index contributed by atoms with van der Waals surface area (Å²) in [4.78, 5) is 126. The largest absolute Gasteiger partial charge is 0.481 e. The molecule has 35 heteroatoms. The summed E-state index contributed by atoms with van der Waals surface area (Å²) < 4.78 is 61.7. The number of carboxylic acids is 3. The van der Waals surface area contributed by atoms with E-state index in [4.69, 9.17) is 34.8 Å². The molecule has 13 N–H and O–H groups in total. The molecule has 1 saturated heterocycles. The number of aromatic nitrogens is 4. The van der Waals surface area contributed by atoms with Gasteiger partial charge in [0.1, 0.15) is 42.7 Å². The van der Waals surface area contributed by atoms with Gasteiger partial charge in [-0.3, -0.25) is 42.1 Å². The van der Waals surface area contributed by atoms with Gasteiger partial charge in [-0.2, -0.15) is 4.31 Å². The van der Waals surface area contributed by atoms with Crippen LogP contribution < -0.4 is 16.4 Å². The lowest BCUT2D eigenvalue weighted by molar-refractivity contribution is -0.152. The van der Waals surface area contributed by atoms with E-state index in [0.29, 0.717) is 11.8 Å². The van der Waals surface area contributed by atoms with Gasteiger partial charge in [0, 0.05) is 30.7 Å². The Kier molecular flexibility index (Phi) is 19.8. The molecule has 3 heterocycles. The predicted molar refractivity (Wildman–Crippen MR) is 200 cm³/mol. The van der Waals surface area contributed by atoms with Crippen LogP contribution in [0.3, 0.4) is 0 Å². The molecule has 1 aliphatic rings. The molecule has 1 aliphatic heterocycles. The number of nitrogens with two attached hydrogens (primary N) is 1. The number of carboxylic acid groups (broad SMARTS) is 3. The number of nitrogens with one attached hydrogen (secondary N) is 2. The third-order valence-electron chi connectivity index (χ3n) is 7.46. The molecule has 3 rings (SSSR count). The number of hydrogen-bond donors (Lipinski definition) is 12. The highest BCUT2D eigenvalue weighted by Crippen LogP contribution is 2.61. The molecule has 0 spiro atoms. The van der Waals surface area contributed by atoms with E-state index in [2.05, 4.69) is 34.4 Å². The fourth-order valence-corrected chi connectivity index (χ4v) is 7.89. The van der Waals surface area contributed by atoms with Crippen molar-refractivity contribution in [2.24, 2.45) is 5.41 Å². The number of carbonyl (C=O) groups excluding carboxylic acids is 4. The number of carbonyl (C=O) groups is 7. The van der Waals surface area contributed by atoms with Crippen LogP contribution in [0.25, 0.3) is 11.2 Å². The number of nitrogen functional groups attached to an aromatic ring is 1. The molecule has 0 bridgehead atoms. The summed E-state index contributed by atoms with van der Waals surface area (Å²) in [7, 11) is -16.4. The van der Waals surface area contributed by atoms with Crippen LogP contribution in [-0.4, -0.2) is 162 Å². The van der Waals surface area contributed by atoms with E-state index in [9.17, 15) is 77.0 Å². The van der Waals surface area contributed by atoms with Crippen molar-refractivity contribution >= 4 is 92.8 Å². The number of amides is 2. The molecule has 2 amide bonds. The van der Waals surface area contributed by atoms with Crippen molar-refractivity contribution in [3.05, 3.63) is 12.7 Å². The Bertz CT molecular complexity index is 2130. The zero-order chi connectivity index (χ0) is 47.4. The molecule has 31 nitrogen and oxygen atoms in total. The molecule has 0 aromatic carbocycles. The first-order valence-corrected chi connectivity index (χ1v) is 22.2. The van der Waals surface area contributed by atoms with Crippen molar-refractivity contribution in [3.63, 3.8) is 0 Å². The Labute approximate surface area is 350 Å². The standard InChI is InChI=1S/C23H36N7O19P3S.C4H4O5/c1-23(2,16(33)19(34)26-4-3-12(31)25-5-6-53-22(37)21(35)36)8-46-52(43,44)49-51(41,42)45-7-11-15(48-50(38,39)40)14(32)20(47-11)30-10-29-13-17(24)27-9-28-18(13)30;5-2(4(8)9)1-3(6)7/h9-11,14-16,20,32-33H,3-8H2,1-2H3,(H,25,31)(H,26,34)(H,35,36)(H,41,42)(H,43,44)(H2,24,27,28)(H2,38,39,40);1H2,(H,6,7)(H,8,9)/t11-,14-,15-,16+,20-;/m1./s1. The van der Waals surface area contributed by atoms with Crippen molar-refractivity contribution in [1.82, 2.24) is 30.2 Å². The number of aliphatic carboxylic acids is 3. The highest BCUT2D eigenvalue weighted by atomic mass is 32.2. The van der Waals surface area contributed by atoms with Gasteiger partial charge in [-0.15, -0.1) is 0 Å². The number of thioether (sulfide) groups is 1. The number of imidazole rings is 1. The van der Waals surface area contributed by atoms with Gasteiger partial charge in [-0.25, -0.2) is 38.2 Å². The lowest BCUT2D eigenvalue weighted by Gasteiger charge is -2.30. The monoisotopic (exact) mass is 971 g/mol. The van der Waals surface area contributed by atoms with Gasteiger partial charge in [0.25, 0.3) is 10.9 Å². The van der Waals surface area contributed by atoms with Crippen LogP contribution in [0.4, 0.5) is 5.82 Å². The third-order valence-corrected chi connectivity index (χ3v) is 11.4. The molecule has 2 aromatic rings. The van der Waals surface area contributed by atoms with Crippen LogP contribution in [0, 0.1) is 5.41 Å². The highest BCUT2D eigenvalue weighted by Gasteiger charge is 2.50. The van der Waals surface area contributed by atoms with Crippen molar-refractivity contribution in [2.45, 2.75) is 57.3 Å². The van der Waals surface area contributed by atoms with E-state index in [0.717, 1.165) is 17.2 Å². The van der Waals surface area contributed by atoms with Gasteiger partial charge in [0.05, 0.1) is 19.5 Å². The average Bonchev–Trinajstić information content (AvgIpc) is 3.71. The van der Waals surface area contributed by atoms with Crippen LogP contribution in [0.1, 0.15) is 32.9 Å². The lowest BCUT2D eigenvalue weighted by atomic mass is 9.87. The van der Waals surface area contributed by atoms with Crippen LogP contribution in [0.5, 0.6) is 0 Å². The van der Waals surface area contributed by atoms with Crippen LogP contribution >= 0.6 is 35.2 Å². The summed E-state index contributed by atoms with van der Waals surface area (Å²) >= 11 is 0.479. The summed E-state index contributed by atoms with van der Waals surface area (Å²) in [6, 6.07) is 0. The summed E-state index contributed by atoms with van der Waals surface area (Å²) in [6.07, 6.45) is -8.10. The van der Waals surface area contributed by atoms with Gasteiger partial charge in [0.2, 0.25) is 11.8 Å². The highest BCUT2D eigenvalue weighted by molar-refractivity contribution is 8.15. The molecule has 1 fully saturated rings. The number of ketones is 1. The Hall–Kier alpha value is -4.36. The Morgan fingerprint density at radius 2 is 1.58 bits per heavy atom. The Balaban J connectivity index is 0.00000132. The number of aliphatic hydroxyl groups is 2. The topological polar surface area (TPSA) is 493 Å². The quantitative estimate of drug-likeness (QED) is 0.0240. The van der Waals surface area contributed by atoms with Crippen LogP contribution in [0.15, 0.2) is 12.7 Å². The van der Waals surface area contributed by atoms with E-state index in [-0.39, 0.29) is 42.2 Å². The minimum atomic E-state index is -5.59. The summed E-state index contributed by atoms with van der Waals surface area (Å²) in [5.41, 5.74) is 4.18. The number of Topliss-reactive ketones (excluding diaryl/α,β-unsaturated/α-hetero) is 1. The van der Waals surface area contributed by atoms with Gasteiger partial charge >= 0.3 is 41.4 Å². The van der Waals surface area contributed by atoms with Crippen molar-refractivity contribution in [3.8, 4) is 0 Å². The second kappa shape index (κ2) is 22.8.